The maximum Gasteiger partial charge on any atom is 0.216 e. The van der Waals surface area contributed by atoms with Crippen molar-refractivity contribution >= 4 is 18.4 Å². The van der Waals surface area contributed by atoms with Crippen LogP contribution in [0.3, 0.4) is 0 Å². The molecule has 94 valence electrons. The minimum Gasteiger partial charge on any atom is -0.504 e. The number of nitrogens with one attached hydrogen (secondary N) is 1. The summed E-state index contributed by atoms with van der Waals surface area (Å²) < 4.78 is 1.85. The van der Waals surface area contributed by atoms with Crippen molar-refractivity contribution in [2.45, 2.75) is 13.3 Å². The summed E-state index contributed by atoms with van der Waals surface area (Å²) in [6.07, 6.45) is 2.09. The van der Waals surface area contributed by atoms with Crippen LogP contribution in [0.15, 0.2) is 23.3 Å². The molecule has 0 aliphatic heterocycles. The second kappa shape index (κ2) is 5.01. The van der Waals surface area contributed by atoms with E-state index < -0.39 is 0 Å². The van der Waals surface area contributed by atoms with Crippen LogP contribution in [-0.2, 0) is 6.42 Å². The van der Waals surface area contributed by atoms with Crippen LogP contribution in [0.2, 0.25) is 0 Å². The average Bonchev–Trinajstić information content (AvgIpc) is 2.72. The van der Waals surface area contributed by atoms with Crippen molar-refractivity contribution in [2.24, 2.45) is 5.10 Å². The van der Waals surface area contributed by atoms with Gasteiger partial charge in [0, 0.05) is 12.0 Å². The average molecular weight is 264 g/mol. The first-order valence-corrected chi connectivity index (χ1v) is 5.76. The summed E-state index contributed by atoms with van der Waals surface area (Å²) in [5.74, 6) is 0.288. The zero-order valence-electron chi connectivity index (χ0n) is 9.66. The Morgan fingerprint density at radius 2 is 2.28 bits per heavy atom. The highest BCUT2D eigenvalue weighted by Crippen LogP contribution is 2.26. The number of aryl methyl sites for hydroxylation is 1. The highest BCUT2D eigenvalue weighted by atomic mass is 32.1. The molecule has 0 spiro atoms. The molecule has 0 aliphatic carbocycles. The number of aromatic hydroxyl groups is 2. The number of hydrogen-bond acceptors (Lipinski definition) is 5. The second-order valence-corrected chi connectivity index (χ2v) is 3.96. The Bertz CT molecular complexity index is 645. The largest absolute Gasteiger partial charge is 0.504 e. The predicted octanol–water partition coefficient (Wildman–Crippen LogP) is 1.80. The Morgan fingerprint density at radius 3 is 3.00 bits per heavy atom. The van der Waals surface area contributed by atoms with Gasteiger partial charge < -0.3 is 10.2 Å². The summed E-state index contributed by atoms with van der Waals surface area (Å²) in [6, 6.07) is 4.65. The molecule has 7 heteroatoms. The maximum atomic E-state index is 9.62. The smallest absolute Gasteiger partial charge is 0.216 e. The van der Waals surface area contributed by atoms with Gasteiger partial charge in [-0.1, -0.05) is 13.0 Å². The lowest BCUT2D eigenvalue weighted by molar-refractivity contribution is 0.403. The van der Waals surface area contributed by atoms with Gasteiger partial charge in [-0.2, -0.15) is 14.9 Å². The first-order chi connectivity index (χ1) is 8.63. The summed E-state index contributed by atoms with van der Waals surface area (Å²) in [6.45, 7) is 1.93. The number of aromatic nitrogens is 3. The molecule has 0 aliphatic rings. The Kier molecular flexibility index (Phi) is 3.42. The van der Waals surface area contributed by atoms with Gasteiger partial charge in [0.15, 0.2) is 17.3 Å². The number of aromatic amines is 1. The molecule has 2 rings (SSSR count). The predicted molar refractivity (Wildman–Crippen MR) is 69.6 cm³/mol. The Hall–Kier alpha value is -2.15. The fraction of sp³-hybridized carbons (Fsp3) is 0.182. The van der Waals surface area contributed by atoms with E-state index in [1.165, 1.54) is 17.0 Å². The van der Waals surface area contributed by atoms with Crippen LogP contribution < -0.4 is 0 Å². The Balaban J connectivity index is 2.39. The molecular weight excluding hydrogens is 252 g/mol. The third-order valence-electron chi connectivity index (χ3n) is 2.39. The van der Waals surface area contributed by atoms with Gasteiger partial charge in [-0.15, -0.1) is 0 Å². The molecule has 6 nitrogen and oxygen atoms in total. The minimum atomic E-state index is -0.214. The summed E-state index contributed by atoms with van der Waals surface area (Å²) in [7, 11) is 0. The third kappa shape index (κ3) is 2.25. The van der Waals surface area contributed by atoms with Crippen LogP contribution in [0.5, 0.6) is 11.5 Å². The first kappa shape index (κ1) is 12.3. The van der Waals surface area contributed by atoms with E-state index >= 15 is 0 Å². The third-order valence-corrected chi connectivity index (χ3v) is 2.66. The molecule has 1 aromatic heterocycles. The number of nitrogens with zero attached hydrogens (tertiary/aromatic N) is 3. The second-order valence-electron chi connectivity index (χ2n) is 3.57. The number of phenolic OH excluding ortho intramolecular Hbond substituents is 2. The summed E-state index contributed by atoms with van der Waals surface area (Å²) in [5.41, 5.74) is 0.403. The van der Waals surface area contributed by atoms with Gasteiger partial charge in [0.05, 0.1) is 6.21 Å². The molecule has 0 unspecified atom stereocenters. The zero-order chi connectivity index (χ0) is 13.1. The van der Waals surface area contributed by atoms with Gasteiger partial charge in [-0.05, 0) is 24.4 Å². The molecule has 0 saturated heterocycles. The van der Waals surface area contributed by atoms with Crippen LogP contribution in [0.25, 0.3) is 0 Å². The van der Waals surface area contributed by atoms with Crippen LogP contribution >= 0.6 is 12.2 Å². The normalized spacial score (nSPS) is 11.2. The van der Waals surface area contributed by atoms with E-state index in [9.17, 15) is 10.2 Å². The van der Waals surface area contributed by atoms with Crippen LogP contribution in [0.1, 0.15) is 18.3 Å². The molecule has 2 aromatic rings. The van der Waals surface area contributed by atoms with E-state index in [1.807, 2.05) is 6.92 Å². The minimum absolute atomic E-state index is 0.189. The molecular formula is C11H12N4O2S. The van der Waals surface area contributed by atoms with Crippen LogP contribution in [0, 0.1) is 4.77 Å². The van der Waals surface area contributed by atoms with Gasteiger partial charge in [-0.25, -0.2) is 0 Å². The lowest BCUT2D eigenvalue weighted by Crippen LogP contribution is -1.97. The van der Waals surface area contributed by atoms with Crippen molar-refractivity contribution in [1.82, 2.24) is 14.9 Å². The Labute approximate surface area is 108 Å². The van der Waals surface area contributed by atoms with Crippen molar-refractivity contribution in [1.29, 1.82) is 0 Å². The number of phenols is 2. The molecule has 1 aromatic carbocycles. The molecule has 1 heterocycles. The number of benzene rings is 1. The molecule has 18 heavy (non-hydrogen) atoms. The van der Waals surface area contributed by atoms with Crippen LogP contribution in [-0.4, -0.2) is 31.3 Å². The lowest BCUT2D eigenvalue weighted by Gasteiger charge is -2.01. The number of rotatable bonds is 3. The van der Waals surface area contributed by atoms with Crippen molar-refractivity contribution in [3.8, 4) is 11.5 Å². The van der Waals surface area contributed by atoms with Gasteiger partial charge >= 0.3 is 0 Å². The molecule has 0 atom stereocenters. The summed E-state index contributed by atoms with van der Waals surface area (Å²) in [5, 5.41) is 29.8. The van der Waals surface area contributed by atoms with E-state index in [2.05, 4.69) is 15.3 Å². The maximum absolute atomic E-state index is 9.62. The fourth-order valence-electron chi connectivity index (χ4n) is 1.44. The molecule has 0 amide bonds. The van der Waals surface area contributed by atoms with Crippen LogP contribution in [0.4, 0.5) is 0 Å². The van der Waals surface area contributed by atoms with Crippen molar-refractivity contribution < 1.29 is 10.2 Å². The topological polar surface area (TPSA) is 86.4 Å². The van der Waals surface area contributed by atoms with Gasteiger partial charge in [-0.3, -0.25) is 5.10 Å². The standard InChI is InChI=1S/C11H12N4O2S/c1-2-9-13-14-11(18)15(9)12-6-7-4-3-5-8(16)10(7)17/h3-6,16-17H,2H2,1H3,(H,14,18)/b12-6+. The van der Waals surface area contributed by atoms with Gasteiger partial charge in [0.1, 0.15) is 0 Å². The van der Waals surface area contributed by atoms with Crippen molar-refractivity contribution in [2.75, 3.05) is 0 Å². The van der Waals surface area contributed by atoms with Crippen molar-refractivity contribution in [3.05, 3.63) is 34.4 Å². The highest BCUT2D eigenvalue weighted by molar-refractivity contribution is 7.71. The first-order valence-electron chi connectivity index (χ1n) is 5.35. The highest BCUT2D eigenvalue weighted by Gasteiger charge is 2.04. The number of hydrogen-bond donors (Lipinski definition) is 3. The Morgan fingerprint density at radius 1 is 1.50 bits per heavy atom. The number of para-hydroxylation sites is 1. The monoisotopic (exact) mass is 264 g/mol. The summed E-state index contributed by atoms with van der Waals surface area (Å²) >= 11 is 5.03. The van der Waals surface area contributed by atoms with E-state index in [0.29, 0.717) is 22.6 Å². The molecule has 0 saturated carbocycles. The molecule has 0 radical (unpaired) electrons. The lowest BCUT2D eigenvalue weighted by atomic mass is 10.2. The summed E-state index contributed by atoms with van der Waals surface area (Å²) in [4.78, 5) is 0. The SMILES string of the molecule is CCc1n[nH]c(=S)n1/N=C/c1cccc(O)c1O. The van der Waals surface area contributed by atoms with E-state index in [0.717, 1.165) is 0 Å². The van der Waals surface area contributed by atoms with E-state index in [1.54, 1.807) is 12.1 Å². The zero-order valence-corrected chi connectivity index (χ0v) is 10.5. The number of H-pyrrole nitrogens is 1. The molecule has 0 fully saturated rings. The van der Waals surface area contributed by atoms with Gasteiger partial charge in [0.25, 0.3) is 0 Å². The van der Waals surface area contributed by atoms with Gasteiger partial charge in [0.2, 0.25) is 4.77 Å². The quantitative estimate of drug-likeness (QED) is 0.448. The van der Waals surface area contributed by atoms with E-state index in [4.69, 9.17) is 12.2 Å². The van der Waals surface area contributed by atoms with E-state index in [-0.39, 0.29) is 11.5 Å². The molecule has 0 bridgehead atoms. The van der Waals surface area contributed by atoms with Crippen molar-refractivity contribution in [3.63, 3.8) is 0 Å². The molecule has 3 N–H and O–H groups in total. The fourth-order valence-corrected chi connectivity index (χ4v) is 1.64.